The molecule has 1 aliphatic rings. The summed E-state index contributed by atoms with van der Waals surface area (Å²) in [6.07, 6.45) is -1.30. The van der Waals surface area contributed by atoms with Crippen molar-refractivity contribution >= 4 is 0 Å². The molecule has 1 saturated heterocycles. The number of aliphatic hydroxyl groups excluding tert-OH is 1. The maximum absolute atomic E-state index is 10.5. The van der Waals surface area contributed by atoms with Gasteiger partial charge in [-0.25, -0.2) is 0 Å². The highest BCUT2D eigenvalue weighted by Crippen LogP contribution is 2.25. The molecular formula is C21H26O5. The van der Waals surface area contributed by atoms with Crippen LogP contribution in [0.4, 0.5) is 0 Å². The van der Waals surface area contributed by atoms with E-state index in [1.54, 1.807) is 7.11 Å². The molecule has 5 heteroatoms. The summed E-state index contributed by atoms with van der Waals surface area (Å²) >= 11 is 0. The zero-order valence-electron chi connectivity index (χ0n) is 15.2. The fourth-order valence-corrected chi connectivity index (χ4v) is 3.05. The van der Waals surface area contributed by atoms with Gasteiger partial charge in [-0.1, -0.05) is 42.5 Å². The Morgan fingerprint density at radius 2 is 1.62 bits per heavy atom. The van der Waals surface area contributed by atoms with E-state index in [0.29, 0.717) is 19.6 Å². The molecule has 4 atom stereocenters. The summed E-state index contributed by atoms with van der Waals surface area (Å²) < 4.78 is 22.7. The van der Waals surface area contributed by atoms with Crippen molar-refractivity contribution in [2.45, 2.75) is 51.2 Å². The Kier molecular flexibility index (Phi) is 6.63. The van der Waals surface area contributed by atoms with Crippen molar-refractivity contribution in [3.63, 3.8) is 0 Å². The number of ether oxygens (including phenoxy) is 4. The monoisotopic (exact) mass is 358 g/mol. The molecule has 1 heterocycles. The van der Waals surface area contributed by atoms with Crippen molar-refractivity contribution in [2.24, 2.45) is 0 Å². The summed E-state index contributed by atoms with van der Waals surface area (Å²) in [6.45, 7) is 2.78. The van der Waals surface area contributed by atoms with Crippen LogP contribution in [0.2, 0.25) is 0 Å². The molecule has 0 bridgehead atoms. The second kappa shape index (κ2) is 9.14. The Morgan fingerprint density at radius 1 is 0.962 bits per heavy atom. The maximum atomic E-state index is 10.5. The van der Waals surface area contributed by atoms with E-state index in [4.69, 9.17) is 18.9 Å². The van der Waals surface area contributed by atoms with E-state index in [-0.39, 0.29) is 12.2 Å². The molecule has 1 N–H and O–H groups in total. The highest BCUT2D eigenvalue weighted by molar-refractivity contribution is 5.26. The van der Waals surface area contributed by atoms with Gasteiger partial charge in [0, 0.05) is 6.42 Å². The molecule has 2 aromatic carbocycles. The second-order valence-corrected chi connectivity index (χ2v) is 6.49. The van der Waals surface area contributed by atoms with E-state index in [1.165, 1.54) is 0 Å². The lowest BCUT2D eigenvalue weighted by Gasteiger charge is -2.37. The highest BCUT2D eigenvalue weighted by Gasteiger charge is 2.36. The Labute approximate surface area is 154 Å². The van der Waals surface area contributed by atoms with E-state index in [2.05, 4.69) is 0 Å². The SMILES string of the molecule is COc1ccc(CO[C@H]2[C@H](O)C[C@H](OCc3ccccc3)O[C@H]2C)cc1. The van der Waals surface area contributed by atoms with Gasteiger partial charge in [0.1, 0.15) is 11.9 Å². The summed E-state index contributed by atoms with van der Waals surface area (Å²) in [6, 6.07) is 17.6. The van der Waals surface area contributed by atoms with Gasteiger partial charge < -0.3 is 24.1 Å². The van der Waals surface area contributed by atoms with Crippen molar-refractivity contribution in [1.29, 1.82) is 0 Å². The first-order valence-corrected chi connectivity index (χ1v) is 8.89. The van der Waals surface area contributed by atoms with Gasteiger partial charge in [0.25, 0.3) is 0 Å². The van der Waals surface area contributed by atoms with Gasteiger partial charge >= 0.3 is 0 Å². The number of methoxy groups -OCH3 is 1. The van der Waals surface area contributed by atoms with E-state index < -0.39 is 12.4 Å². The molecule has 0 unspecified atom stereocenters. The third-order valence-electron chi connectivity index (χ3n) is 4.52. The zero-order valence-corrected chi connectivity index (χ0v) is 15.2. The predicted molar refractivity (Wildman–Crippen MR) is 97.8 cm³/mol. The highest BCUT2D eigenvalue weighted by atomic mass is 16.7. The van der Waals surface area contributed by atoms with Crippen LogP contribution in [0.1, 0.15) is 24.5 Å². The topological polar surface area (TPSA) is 57.2 Å². The molecule has 0 radical (unpaired) electrons. The lowest BCUT2D eigenvalue weighted by molar-refractivity contribution is -0.260. The molecule has 2 aromatic rings. The van der Waals surface area contributed by atoms with E-state index in [9.17, 15) is 5.11 Å². The average molecular weight is 358 g/mol. The van der Waals surface area contributed by atoms with Crippen LogP contribution in [0, 0.1) is 0 Å². The lowest BCUT2D eigenvalue weighted by Crippen LogP contribution is -2.48. The summed E-state index contributed by atoms with van der Waals surface area (Å²) in [5.41, 5.74) is 2.10. The minimum Gasteiger partial charge on any atom is -0.497 e. The molecule has 1 fully saturated rings. The normalized spacial score (nSPS) is 25.8. The molecule has 26 heavy (non-hydrogen) atoms. The third-order valence-corrected chi connectivity index (χ3v) is 4.52. The van der Waals surface area contributed by atoms with Crippen LogP contribution in [0.15, 0.2) is 54.6 Å². The fourth-order valence-electron chi connectivity index (χ4n) is 3.05. The Morgan fingerprint density at radius 3 is 2.27 bits per heavy atom. The smallest absolute Gasteiger partial charge is 0.161 e. The zero-order chi connectivity index (χ0) is 18.4. The summed E-state index contributed by atoms with van der Waals surface area (Å²) in [4.78, 5) is 0. The average Bonchev–Trinajstić information content (AvgIpc) is 2.67. The molecule has 140 valence electrons. The minimum absolute atomic E-state index is 0.252. The van der Waals surface area contributed by atoms with Gasteiger partial charge in [-0.05, 0) is 30.2 Å². The van der Waals surface area contributed by atoms with Crippen molar-refractivity contribution in [3.8, 4) is 5.75 Å². The van der Waals surface area contributed by atoms with Crippen LogP contribution in [-0.2, 0) is 27.4 Å². The number of hydrogen-bond acceptors (Lipinski definition) is 5. The fraction of sp³-hybridized carbons (Fsp3) is 0.429. The van der Waals surface area contributed by atoms with Gasteiger partial charge in [0.2, 0.25) is 0 Å². The Balaban J connectivity index is 1.48. The number of rotatable bonds is 7. The first kappa shape index (κ1) is 18.9. The van der Waals surface area contributed by atoms with Crippen LogP contribution >= 0.6 is 0 Å². The van der Waals surface area contributed by atoms with E-state index in [1.807, 2.05) is 61.5 Å². The molecule has 0 saturated carbocycles. The Hall–Kier alpha value is -1.92. The first-order valence-electron chi connectivity index (χ1n) is 8.89. The van der Waals surface area contributed by atoms with Crippen LogP contribution in [0.25, 0.3) is 0 Å². The van der Waals surface area contributed by atoms with Crippen LogP contribution in [-0.4, -0.2) is 36.8 Å². The number of hydrogen-bond donors (Lipinski definition) is 1. The van der Waals surface area contributed by atoms with Crippen LogP contribution < -0.4 is 4.74 Å². The summed E-state index contributed by atoms with van der Waals surface area (Å²) in [5.74, 6) is 0.807. The molecule has 5 nitrogen and oxygen atoms in total. The van der Waals surface area contributed by atoms with Crippen molar-refractivity contribution in [1.82, 2.24) is 0 Å². The lowest BCUT2D eigenvalue weighted by atomic mass is 10.0. The molecule has 1 aliphatic heterocycles. The van der Waals surface area contributed by atoms with Crippen LogP contribution in [0.5, 0.6) is 5.75 Å². The molecule has 0 aromatic heterocycles. The van der Waals surface area contributed by atoms with Crippen molar-refractivity contribution in [3.05, 3.63) is 65.7 Å². The van der Waals surface area contributed by atoms with E-state index in [0.717, 1.165) is 16.9 Å². The van der Waals surface area contributed by atoms with Crippen molar-refractivity contribution in [2.75, 3.05) is 7.11 Å². The van der Waals surface area contributed by atoms with Gasteiger partial charge in [0.15, 0.2) is 6.29 Å². The minimum atomic E-state index is -0.627. The molecule has 3 rings (SSSR count). The Bertz CT molecular complexity index is 646. The maximum Gasteiger partial charge on any atom is 0.161 e. The molecule has 0 spiro atoms. The van der Waals surface area contributed by atoms with Gasteiger partial charge in [-0.3, -0.25) is 0 Å². The van der Waals surface area contributed by atoms with Gasteiger partial charge in [-0.15, -0.1) is 0 Å². The number of benzene rings is 2. The molecule has 0 aliphatic carbocycles. The van der Waals surface area contributed by atoms with Crippen LogP contribution in [0.3, 0.4) is 0 Å². The van der Waals surface area contributed by atoms with Gasteiger partial charge in [0.05, 0.1) is 32.5 Å². The number of aliphatic hydroxyl groups is 1. The first-order chi connectivity index (χ1) is 12.7. The van der Waals surface area contributed by atoms with Crippen molar-refractivity contribution < 1.29 is 24.1 Å². The molecule has 0 amide bonds. The standard InChI is InChI=1S/C21H26O5/c1-15-21(25-14-17-8-10-18(23-2)11-9-17)19(22)12-20(26-15)24-13-16-6-4-3-5-7-16/h3-11,15,19-22H,12-14H2,1-2H3/t15-,19+,20+,21+/m0/s1. The summed E-state index contributed by atoms with van der Waals surface area (Å²) in [7, 11) is 1.64. The third kappa shape index (κ3) is 5.05. The quantitative estimate of drug-likeness (QED) is 0.823. The predicted octanol–water partition coefficient (Wildman–Crippen LogP) is 3.29. The van der Waals surface area contributed by atoms with Gasteiger partial charge in [-0.2, -0.15) is 0 Å². The van der Waals surface area contributed by atoms with E-state index >= 15 is 0 Å². The second-order valence-electron chi connectivity index (χ2n) is 6.49. The molecular weight excluding hydrogens is 332 g/mol. The largest absolute Gasteiger partial charge is 0.497 e. The summed E-state index contributed by atoms with van der Waals surface area (Å²) in [5, 5.41) is 10.5.